The van der Waals surface area contributed by atoms with Gasteiger partial charge in [-0.25, -0.2) is 4.79 Å². The molecule has 0 aliphatic rings. The summed E-state index contributed by atoms with van der Waals surface area (Å²) in [6.07, 6.45) is 0.672. The van der Waals surface area contributed by atoms with E-state index in [0.717, 1.165) is 0 Å². The summed E-state index contributed by atoms with van der Waals surface area (Å²) in [7, 11) is 2.75. The summed E-state index contributed by atoms with van der Waals surface area (Å²) in [4.78, 5) is 33.2. The fourth-order valence-corrected chi connectivity index (χ4v) is 1.27. The van der Waals surface area contributed by atoms with Gasteiger partial charge >= 0.3 is 11.9 Å². The topological polar surface area (TPSA) is 102 Å². The van der Waals surface area contributed by atoms with Crippen molar-refractivity contribution in [2.75, 3.05) is 20.8 Å². The number of aliphatic carboxylic acids is 1. The summed E-state index contributed by atoms with van der Waals surface area (Å²) < 4.78 is 9.18. The van der Waals surface area contributed by atoms with E-state index in [0.29, 0.717) is 13.0 Å². The summed E-state index contributed by atoms with van der Waals surface area (Å²) in [5.74, 6) is -2.04. The van der Waals surface area contributed by atoms with E-state index < -0.39 is 18.0 Å². The number of hydrogen-bond acceptors (Lipinski definition) is 5. The van der Waals surface area contributed by atoms with Crippen LogP contribution in [0.4, 0.5) is 0 Å². The molecular weight excluding hydrogens is 242 g/mol. The lowest BCUT2D eigenvalue weighted by Gasteiger charge is -2.13. The van der Waals surface area contributed by atoms with E-state index in [1.807, 2.05) is 0 Å². The van der Waals surface area contributed by atoms with E-state index in [1.54, 1.807) is 0 Å². The van der Waals surface area contributed by atoms with Crippen LogP contribution < -0.4 is 5.32 Å². The monoisotopic (exact) mass is 261 g/mol. The third-order valence-corrected chi connectivity index (χ3v) is 2.25. The van der Waals surface area contributed by atoms with Gasteiger partial charge < -0.3 is 19.9 Å². The largest absolute Gasteiger partial charge is 0.480 e. The van der Waals surface area contributed by atoms with Crippen LogP contribution in [0.5, 0.6) is 0 Å². The first kappa shape index (κ1) is 16.4. The second-order valence-corrected chi connectivity index (χ2v) is 3.67. The number of carbonyl (C=O) groups is 3. The second-order valence-electron chi connectivity index (χ2n) is 3.67. The van der Waals surface area contributed by atoms with Crippen LogP contribution >= 0.6 is 0 Å². The smallest absolute Gasteiger partial charge is 0.326 e. The maximum atomic E-state index is 11.4. The van der Waals surface area contributed by atoms with Gasteiger partial charge in [0.05, 0.1) is 7.11 Å². The van der Waals surface area contributed by atoms with E-state index in [9.17, 15) is 14.4 Å². The Morgan fingerprint density at radius 3 is 2.39 bits per heavy atom. The number of carbonyl (C=O) groups excluding carboxylic acids is 2. The minimum absolute atomic E-state index is 0.0119. The van der Waals surface area contributed by atoms with Crippen molar-refractivity contribution in [3.8, 4) is 0 Å². The standard InChI is InChI=1S/C11H19NO6/c1-17-7-3-4-9(13)12-8(11(15)16)5-6-10(14)18-2/h8H,3-7H2,1-2H3,(H,12,13)(H,15,16). The van der Waals surface area contributed by atoms with E-state index in [2.05, 4.69) is 10.1 Å². The van der Waals surface area contributed by atoms with Gasteiger partial charge in [-0.2, -0.15) is 0 Å². The first-order valence-electron chi connectivity index (χ1n) is 5.59. The Labute approximate surface area is 105 Å². The zero-order valence-electron chi connectivity index (χ0n) is 10.6. The van der Waals surface area contributed by atoms with Crippen molar-refractivity contribution in [1.29, 1.82) is 0 Å². The molecule has 0 aromatic carbocycles. The number of carboxylic acid groups (broad SMARTS) is 1. The van der Waals surface area contributed by atoms with Crippen molar-refractivity contribution in [2.24, 2.45) is 0 Å². The van der Waals surface area contributed by atoms with Crippen molar-refractivity contribution >= 4 is 17.8 Å². The van der Waals surface area contributed by atoms with E-state index in [1.165, 1.54) is 14.2 Å². The molecular formula is C11H19NO6. The van der Waals surface area contributed by atoms with Gasteiger partial charge in [-0.1, -0.05) is 0 Å². The quantitative estimate of drug-likeness (QED) is 0.445. The van der Waals surface area contributed by atoms with Gasteiger partial charge in [0.15, 0.2) is 0 Å². The van der Waals surface area contributed by atoms with Crippen LogP contribution in [0, 0.1) is 0 Å². The lowest BCUT2D eigenvalue weighted by molar-refractivity contribution is -0.144. The number of rotatable bonds is 9. The molecule has 0 fully saturated rings. The van der Waals surface area contributed by atoms with Crippen molar-refractivity contribution in [1.82, 2.24) is 5.32 Å². The molecule has 0 bridgehead atoms. The van der Waals surface area contributed by atoms with Crippen LogP contribution in [-0.4, -0.2) is 49.8 Å². The molecule has 0 aromatic rings. The van der Waals surface area contributed by atoms with Gasteiger partial charge in [-0.05, 0) is 12.8 Å². The molecule has 1 atom stereocenters. The average molecular weight is 261 g/mol. The molecule has 7 nitrogen and oxygen atoms in total. The lowest BCUT2D eigenvalue weighted by atomic mass is 10.1. The SMILES string of the molecule is COCCCC(=O)NC(CCC(=O)OC)C(=O)O. The molecule has 18 heavy (non-hydrogen) atoms. The van der Waals surface area contributed by atoms with Gasteiger partial charge in [0.1, 0.15) is 6.04 Å². The molecule has 0 aromatic heterocycles. The van der Waals surface area contributed by atoms with E-state index in [4.69, 9.17) is 9.84 Å². The van der Waals surface area contributed by atoms with Crippen molar-refractivity contribution in [3.63, 3.8) is 0 Å². The van der Waals surface area contributed by atoms with Crippen LogP contribution in [0.2, 0.25) is 0 Å². The third-order valence-electron chi connectivity index (χ3n) is 2.25. The molecule has 0 saturated carbocycles. The Balaban J connectivity index is 4.06. The molecule has 7 heteroatoms. The minimum atomic E-state index is -1.17. The highest BCUT2D eigenvalue weighted by Gasteiger charge is 2.20. The van der Waals surface area contributed by atoms with Crippen LogP contribution in [-0.2, 0) is 23.9 Å². The number of carboxylic acids is 1. The Bertz CT molecular complexity index is 291. The Kier molecular flexibility index (Phi) is 8.55. The third kappa shape index (κ3) is 7.61. The van der Waals surface area contributed by atoms with Crippen molar-refractivity contribution in [2.45, 2.75) is 31.7 Å². The van der Waals surface area contributed by atoms with E-state index in [-0.39, 0.29) is 25.2 Å². The molecule has 0 saturated heterocycles. The van der Waals surface area contributed by atoms with Crippen LogP contribution in [0.25, 0.3) is 0 Å². The molecule has 1 unspecified atom stereocenters. The maximum Gasteiger partial charge on any atom is 0.326 e. The fourth-order valence-electron chi connectivity index (χ4n) is 1.27. The first-order valence-corrected chi connectivity index (χ1v) is 5.59. The minimum Gasteiger partial charge on any atom is -0.480 e. The average Bonchev–Trinajstić information content (AvgIpc) is 2.33. The lowest BCUT2D eigenvalue weighted by Crippen LogP contribution is -2.41. The Hall–Kier alpha value is -1.63. The summed E-state index contributed by atoms with van der Waals surface area (Å²) >= 11 is 0. The van der Waals surface area contributed by atoms with Gasteiger partial charge in [-0.15, -0.1) is 0 Å². The number of hydrogen-bond donors (Lipinski definition) is 2. The van der Waals surface area contributed by atoms with Crippen LogP contribution in [0.15, 0.2) is 0 Å². The van der Waals surface area contributed by atoms with Gasteiger partial charge in [0.25, 0.3) is 0 Å². The highest BCUT2D eigenvalue weighted by atomic mass is 16.5. The van der Waals surface area contributed by atoms with Crippen molar-refractivity contribution in [3.05, 3.63) is 0 Å². The molecule has 0 rings (SSSR count). The van der Waals surface area contributed by atoms with E-state index >= 15 is 0 Å². The molecule has 0 heterocycles. The van der Waals surface area contributed by atoms with Gasteiger partial charge in [-0.3, -0.25) is 9.59 Å². The number of nitrogens with one attached hydrogen (secondary N) is 1. The molecule has 0 radical (unpaired) electrons. The summed E-state index contributed by atoms with van der Waals surface area (Å²) in [5.41, 5.74) is 0. The summed E-state index contributed by atoms with van der Waals surface area (Å²) in [6, 6.07) is -1.07. The zero-order chi connectivity index (χ0) is 14.0. The Morgan fingerprint density at radius 1 is 1.22 bits per heavy atom. The normalized spacial score (nSPS) is 11.7. The Morgan fingerprint density at radius 2 is 1.89 bits per heavy atom. The highest BCUT2D eigenvalue weighted by molar-refractivity contribution is 5.83. The predicted molar refractivity (Wildman–Crippen MR) is 61.9 cm³/mol. The number of methoxy groups -OCH3 is 2. The number of esters is 1. The molecule has 0 aliphatic heterocycles. The van der Waals surface area contributed by atoms with Gasteiger partial charge in [0, 0.05) is 26.6 Å². The van der Waals surface area contributed by atoms with Crippen LogP contribution in [0.1, 0.15) is 25.7 Å². The fraction of sp³-hybridized carbons (Fsp3) is 0.727. The molecule has 2 N–H and O–H groups in total. The summed E-state index contributed by atoms with van der Waals surface area (Å²) in [6.45, 7) is 0.438. The molecule has 104 valence electrons. The highest BCUT2D eigenvalue weighted by Crippen LogP contribution is 2.01. The summed E-state index contributed by atoms with van der Waals surface area (Å²) in [5, 5.41) is 11.2. The zero-order valence-corrected chi connectivity index (χ0v) is 10.6. The molecule has 0 spiro atoms. The molecule has 0 aliphatic carbocycles. The number of ether oxygens (including phenoxy) is 2. The van der Waals surface area contributed by atoms with Crippen molar-refractivity contribution < 1.29 is 29.0 Å². The maximum absolute atomic E-state index is 11.4. The second kappa shape index (κ2) is 9.41. The van der Waals surface area contributed by atoms with Crippen LogP contribution in [0.3, 0.4) is 0 Å². The number of amides is 1. The first-order chi connectivity index (χ1) is 8.51. The van der Waals surface area contributed by atoms with Gasteiger partial charge in [0.2, 0.25) is 5.91 Å². The predicted octanol–water partition coefficient (Wildman–Crippen LogP) is -0.0644. The molecule has 1 amide bonds.